The van der Waals surface area contributed by atoms with Crippen molar-refractivity contribution in [3.8, 4) is 0 Å². The molecule has 3 aromatic rings. The lowest BCUT2D eigenvalue weighted by molar-refractivity contribution is -0.145. The van der Waals surface area contributed by atoms with Gasteiger partial charge >= 0.3 is 12.1 Å². The Bertz CT molecular complexity index is 1550. The Morgan fingerprint density at radius 2 is 1.56 bits per heavy atom. The third-order valence-corrected chi connectivity index (χ3v) is 8.16. The van der Waals surface area contributed by atoms with E-state index in [1.807, 2.05) is 113 Å². The number of hydrogen-bond acceptors (Lipinski definition) is 6. The highest BCUT2D eigenvalue weighted by Crippen LogP contribution is 2.42. The Morgan fingerprint density at radius 1 is 0.896 bits per heavy atom. The van der Waals surface area contributed by atoms with Crippen LogP contribution in [0.2, 0.25) is 0 Å². The highest BCUT2D eigenvalue weighted by molar-refractivity contribution is 6.11. The highest BCUT2D eigenvalue weighted by atomic mass is 16.6. The monoisotopic (exact) mass is 655 g/mol. The molecule has 4 rings (SSSR count). The van der Waals surface area contributed by atoms with Gasteiger partial charge in [-0.3, -0.25) is 14.4 Å². The molecule has 0 fully saturated rings. The van der Waals surface area contributed by atoms with E-state index in [1.54, 1.807) is 16.7 Å². The van der Waals surface area contributed by atoms with Crippen LogP contribution >= 0.6 is 0 Å². The predicted molar refractivity (Wildman–Crippen MR) is 187 cm³/mol. The number of amides is 3. The average molecular weight is 656 g/mol. The van der Waals surface area contributed by atoms with E-state index in [1.165, 1.54) is 0 Å². The Morgan fingerprint density at radius 3 is 2.19 bits per heavy atom. The number of aryl methyl sites for hydroxylation is 1. The number of nitrogens with zero attached hydrogens (tertiary/aromatic N) is 2. The number of anilines is 1. The van der Waals surface area contributed by atoms with Crippen LogP contribution in [-0.2, 0) is 25.5 Å². The van der Waals surface area contributed by atoms with E-state index >= 15 is 0 Å². The molecule has 1 N–H and O–H groups in total. The molecule has 1 heterocycles. The maximum Gasteiger partial charge on any atom is 0.407 e. The molecular formula is C39H49N3O6. The normalized spacial score (nSPS) is 15.5. The second-order valence-electron chi connectivity index (χ2n) is 13.4. The van der Waals surface area contributed by atoms with Gasteiger partial charge in [0.2, 0.25) is 0 Å². The van der Waals surface area contributed by atoms with E-state index in [-0.39, 0.29) is 30.9 Å². The summed E-state index contributed by atoms with van der Waals surface area (Å²) in [6.45, 7) is 11.8. The summed E-state index contributed by atoms with van der Waals surface area (Å²) in [6, 6.07) is 22.4. The van der Waals surface area contributed by atoms with E-state index in [0.717, 1.165) is 36.8 Å². The minimum absolute atomic E-state index is 0.103. The average Bonchev–Trinajstić information content (AvgIpc) is 3.13. The number of hydrogen-bond donors (Lipinski definition) is 1. The molecule has 3 amide bonds. The Kier molecular flexibility index (Phi) is 12.4. The summed E-state index contributed by atoms with van der Waals surface area (Å²) in [5.41, 5.74) is 2.81. The number of carbonyl (C=O) groups is 4. The van der Waals surface area contributed by atoms with Crippen LogP contribution in [0.3, 0.4) is 0 Å². The fourth-order valence-corrected chi connectivity index (χ4v) is 6.10. The first-order valence-corrected chi connectivity index (χ1v) is 16.9. The maximum atomic E-state index is 15.0. The zero-order valence-corrected chi connectivity index (χ0v) is 29.0. The van der Waals surface area contributed by atoms with Crippen molar-refractivity contribution in [2.75, 3.05) is 18.1 Å². The maximum absolute atomic E-state index is 15.0. The van der Waals surface area contributed by atoms with Crippen LogP contribution < -0.4 is 10.2 Å². The minimum Gasteiger partial charge on any atom is -0.466 e. The van der Waals surface area contributed by atoms with E-state index in [9.17, 15) is 19.2 Å². The molecule has 0 aromatic heterocycles. The molecule has 0 spiro atoms. The molecule has 0 aliphatic carbocycles. The number of ether oxygens (including phenoxy) is 2. The summed E-state index contributed by atoms with van der Waals surface area (Å²) in [5, 5.41) is 2.80. The second-order valence-corrected chi connectivity index (χ2v) is 13.4. The Hall–Kier alpha value is -4.66. The number of unbranched alkanes of at least 4 members (excludes halogenated alkanes) is 2. The SMILES string of the molecule is CCOC(=O)CC(c1ccccc1)N1C(=O)c2cc(CCCCCNC(=O)OC(C)(C)C)ccc2N(C(C)C)C(=O)C1c1ccccc1. The molecule has 48 heavy (non-hydrogen) atoms. The largest absolute Gasteiger partial charge is 0.466 e. The Labute approximate surface area is 284 Å². The van der Waals surface area contributed by atoms with Gasteiger partial charge in [0, 0.05) is 12.6 Å². The molecule has 1 aliphatic heterocycles. The fourth-order valence-electron chi connectivity index (χ4n) is 6.10. The van der Waals surface area contributed by atoms with Gasteiger partial charge < -0.3 is 24.6 Å². The van der Waals surface area contributed by atoms with Crippen molar-refractivity contribution < 1.29 is 28.7 Å². The zero-order chi connectivity index (χ0) is 34.8. The van der Waals surface area contributed by atoms with Crippen molar-refractivity contribution in [2.45, 2.75) is 97.4 Å². The lowest BCUT2D eigenvalue weighted by atomic mass is 9.95. The van der Waals surface area contributed by atoms with Crippen LogP contribution in [0.4, 0.5) is 10.5 Å². The molecule has 2 atom stereocenters. The van der Waals surface area contributed by atoms with Crippen molar-refractivity contribution in [1.82, 2.24) is 10.2 Å². The van der Waals surface area contributed by atoms with Crippen molar-refractivity contribution in [3.05, 3.63) is 101 Å². The van der Waals surface area contributed by atoms with Crippen LogP contribution in [0.5, 0.6) is 0 Å². The molecule has 2 unspecified atom stereocenters. The fraction of sp³-hybridized carbons (Fsp3) is 0.436. The summed E-state index contributed by atoms with van der Waals surface area (Å²) in [4.78, 5) is 58.0. The number of rotatable bonds is 13. The van der Waals surface area contributed by atoms with Crippen molar-refractivity contribution in [3.63, 3.8) is 0 Å². The van der Waals surface area contributed by atoms with E-state index in [2.05, 4.69) is 5.32 Å². The first-order chi connectivity index (χ1) is 22.9. The standard InChI is InChI=1S/C39H49N3O6/c1-7-47-34(43)26-33(29-18-12-8-13-19-29)42-35(30-20-14-9-15-21-30)37(45)41(27(2)3)32-23-22-28(25-31(32)36(42)44)17-11-10-16-24-40-38(46)48-39(4,5)6/h8-9,12-15,18-23,25,27,33,35H,7,10-11,16-17,24,26H2,1-6H3,(H,40,46). The number of fused-ring (bicyclic) bond motifs is 1. The Balaban J connectivity index is 1.69. The predicted octanol–water partition coefficient (Wildman–Crippen LogP) is 7.56. The molecule has 3 aromatic carbocycles. The first-order valence-electron chi connectivity index (χ1n) is 16.9. The van der Waals surface area contributed by atoms with Crippen LogP contribution in [0.15, 0.2) is 78.9 Å². The topological polar surface area (TPSA) is 105 Å². The van der Waals surface area contributed by atoms with Crippen molar-refractivity contribution in [1.29, 1.82) is 0 Å². The summed E-state index contributed by atoms with van der Waals surface area (Å²) in [6.07, 6.45) is 2.70. The number of nitrogens with one attached hydrogen (secondary N) is 1. The van der Waals surface area contributed by atoms with Gasteiger partial charge in [-0.1, -0.05) is 73.2 Å². The molecule has 0 saturated carbocycles. The molecule has 0 saturated heterocycles. The van der Waals surface area contributed by atoms with Gasteiger partial charge in [-0.15, -0.1) is 0 Å². The van der Waals surface area contributed by atoms with E-state index in [0.29, 0.717) is 23.4 Å². The van der Waals surface area contributed by atoms with Gasteiger partial charge in [0.15, 0.2) is 0 Å². The smallest absolute Gasteiger partial charge is 0.407 e. The third kappa shape index (κ3) is 9.24. The van der Waals surface area contributed by atoms with Gasteiger partial charge in [-0.05, 0) is 89.6 Å². The van der Waals surface area contributed by atoms with Crippen LogP contribution in [-0.4, -0.2) is 53.6 Å². The van der Waals surface area contributed by atoms with Crippen LogP contribution in [0, 0.1) is 0 Å². The van der Waals surface area contributed by atoms with Gasteiger partial charge in [-0.2, -0.15) is 0 Å². The van der Waals surface area contributed by atoms with E-state index in [4.69, 9.17) is 9.47 Å². The molecule has 1 aliphatic rings. The summed E-state index contributed by atoms with van der Waals surface area (Å²) in [7, 11) is 0. The number of benzene rings is 3. The van der Waals surface area contributed by atoms with Gasteiger partial charge in [0.25, 0.3) is 11.8 Å². The lowest BCUT2D eigenvalue weighted by Gasteiger charge is -2.37. The molecule has 9 heteroatoms. The summed E-state index contributed by atoms with van der Waals surface area (Å²) >= 11 is 0. The van der Waals surface area contributed by atoms with Crippen LogP contribution in [0.1, 0.15) is 106 Å². The molecular weight excluding hydrogens is 606 g/mol. The summed E-state index contributed by atoms with van der Waals surface area (Å²) < 4.78 is 10.7. The number of alkyl carbamates (subject to hydrolysis) is 1. The van der Waals surface area contributed by atoms with Gasteiger partial charge in [-0.25, -0.2) is 4.79 Å². The van der Waals surface area contributed by atoms with Gasteiger partial charge in [0.05, 0.1) is 30.3 Å². The highest BCUT2D eigenvalue weighted by Gasteiger charge is 2.45. The van der Waals surface area contributed by atoms with E-state index < -0.39 is 29.7 Å². The van der Waals surface area contributed by atoms with Crippen LogP contribution in [0.25, 0.3) is 0 Å². The molecule has 9 nitrogen and oxygen atoms in total. The van der Waals surface area contributed by atoms with Gasteiger partial charge in [0.1, 0.15) is 11.6 Å². The minimum atomic E-state index is -0.978. The third-order valence-electron chi connectivity index (χ3n) is 8.16. The zero-order valence-electron chi connectivity index (χ0n) is 29.0. The second kappa shape index (κ2) is 16.4. The number of esters is 1. The lowest BCUT2D eigenvalue weighted by Crippen LogP contribution is -2.46. The summed E-state index contributed by atoms with van der Waals surface area (Å²) in [5.74, 6) is -1.01. The molecule has 0 bridgehead atoms. The molecule has 256 valence electrons. The number of carbonyl (C=O) groups excluding carboxylic acids is 4. The van der Waals surface area contributed by atoms with Crippen molar-refractivity contribution in [2.24, 2.45) is 0 Å². The van der Waals surface area contributed by atoms with Crippen molar-refractivity contribution >= 4 is 29.6 Å². The molecule has 0 radical (unpaired) electrons. The first kappa shape index (κ1) is 36.2. The quantitative estimate of drug-likeness (QED) is 0.151.